The first-order valence-corrected chi connectivity index (χ1v) is 6.59. The van der Waals surface area contributed by atoms with Gasteiger partial charge in [-0.25, -0.2) is 4.79 Å². The van der Waals surface area contributed by atoms with E-state index in [1.165, 1.54) is 6.92 Å². The van der Waals surface area contributed by atoms with Crippen LogP contribution in [-0.2, 0) is 9.53 Å². The number of ether oxygens (including phenoxy) is 2. The highest BCUT2D eigenvalue weighted by atomic mass is 79.9. The van der Waals surface area contributed by atoms with Gasteiger partial charge in [-0.1, -0.05) is 15.9 Å². The Morgan fingerprint density at radius 1 is 1.42 bits per heavy atom. The second-order valence-corrected chi connectivity index (χ2v) is 4.86. The molecule has 0 aliphatic heterocycles. The van der Waals surface area contributed by atoms with Gasteiger partial charge in [0.05, 0.1) is 17.9 Å². The smallest absolute Gasteiger partial charge is 0.347 e. The van der Waals surface area contributed by atoms with E-state index in [1.54, 1.807) is 26.0 Å². The van der Waals surface area contributed by atoms with Gasteiger partial charge in [0.15, 0.2) is 17.6 Å². The van der Waals surface area contributed by atoms with E-state index in [4.69, 9.17) is 15.2 Å². The molecule has 0 aromatic heterocycles. The summed E-state index contributed by atoms with van der Waals surface area (Å²) < 4.78 is 11.0. The lowest BCUT2D eigenvalue weighted by atomic mass is 10.1. The van der Waals surface area contributed by atoms with E-state index in [2.05, 4.69) is 15.9 Å². The van der Waals surface area contributed by atoms with Crippen LogP contribution in [0.4, 0.5) is 5.69 Å². The maximum Gasteiger partial charge on any atom is 0.347 e. The summed E-state index contributed by atoms with van der Waals surface area (Å²) in [6, 6.07) is 3.21. The summed E-state index contributed by atoms with van der Waals surface area (Å²) in [7, 11) is 0. The first kappa shape index (κ1) is 15.5. The quantitative estimate of drug-likeness (QED) is 0.510. The van der Waals surface area contributed by atoms with Crippen LogP contribution in [0.1, 0.15) is 31.1 Å². The number of hydrogen-bond donors (Lipinski definition) is 1. The molecule has 0 aliphatic carbocycles. The molecule has 19 heavy (non-hydrogen) atoms. The van der Waals surface area contributed by atoms with E-state index in [-0.39, 0.29) is 23.8 Å². The molecule has 6 heteroatoms. The van der Waals surface area contributed by atoms with Crippen LogP contribution in [0, 0.1) is 0 Å². The van der Waals surface area contributed by atoms with Crippen molar-refractivity contribution in [2.75, 3.05) is 12.3 Å². The van der Waals surface area contributed by atoms with Crippen molar-refractivity contribution in [3.05, 3.63) is 22.2 Å². The van der Waals surface area contributed by atoms with Crippen molar-refractivity contribution < 1.29 is 19.1 Å². The van der Waals surface area contributed by atoms with E-state index in [0.29, 0.717) is 10.0 Å². The predicted octanol–water partition coefficient (Wildman–Crippen LogP) is 2.56. The van der Waals surface area contributed by atoms with Gasteiger partial charge in [-0.2, -0.15) is 0 Å². The van der Waals surface area contributed by atoms with Gasteiger partial charge in [0.2, 0.25) is 0 Å². The molecular weight excluding hydrogens is 314 g/mol. The number of hydrogen-bond acceptors (Lipinski definition) is 5. The van der Waals surface area contributed by atoms with E-state index < -0.39 is 12.1 Å². The fourth-order valence-corrected chi connectivity index (χ4v) is 1.97. The number of rotatable bonds is 5. The Labute approximate surface area is 120 Å². The number of carbonyl (C=O) groups is 2. The molecule has 0 aliphatic rings. The van der Waals surface area contributed by atoms with Gasteiger partial charge in [0, 0.05) is 4.47 Å². The highest BCUT2D eigenvalue weighted by Crippen LogP contribution is 2.32. The maximum atomic E-state index is 11.6. The molecule has 5 nitrogen and oxygen atoms in total. The van der Waals surface area contributed by atoms with Crippen molar-refractivity contribution in [1.82, 2.24) is 0 Å². The third-order valence-electron chi connectivity index (χ3n) is 2.37. The zero-order valence-corrected chi connectivity index (χ0v) is 12.6. The molecule has 1 aromatic rings. The number of benzene rings is 1. The zero-order chi connectivity index (χ0) is 14.6. The number of ketones is 1. The fraction of sp³-hybridized carbons (Fsp3) is 0.385. The molecule has 0 saturated carbocycles. The van der Waals surface area contributed by atoms with E-state index in [1.807, 2.05) is 0 Å². The Kier molecular flexibility index (Phi) is 5.35. The van der Waals surface area contributed by atoms with E-state index in [0.717, 1.165) is 0 Å². The number of halogens is 1. The Bertz CT molecular complexity index is 502. The van der Waals surface area contributed by atoms with Crippen LogP contribution in [0.15, 0.2) is 16.6 Å². The largest absolute Gasteiger partial charge is 0.476 e. The normalized spacial score (nSPS) is 11.8. The Morgan fingerprint density at radius 2 is 2.05 bits per heavy atom. The van der Waals surface area contributed by atoms with Crippen LogP contribution in [0.2, 0.25) is 0 Å². The fourth-order valence-electron chi connectivity index (χ4n) is 1.49. The molecule has 0 spiro atoms. The Morgan fingerprint density at radius 3 is 2.58 bits per heavy atom. The summed E-state index contributed by atoms with van der Waals surface area (Å²) in [5, 5.41) is 0. The van der Waals surface area contributed by atoms with Gasteiger partial charge in [0.25, 0.3) is 0 Å². The molecule has 0 bridgehead atoms. The van der Waals surface area contributed by atoms with E-state index in [9.17, 15) is 9.59 Å². The number of nitrogens with two attached hydrogens (primary N) is 1. The second kappa shape index (κ2) is 6.56. The molecule has 1 rings (SSSR count). The average molecular weight is 330 g/mol. The minimum atomic E-state index is -0.832. The summed E-state index contributed by atoms with van der Waals surface area (Å²) in [4.78, 5) is 23.1. The van der Waals surface area contributed by atoms with Gasteiger partial charge >= 0.3 is 5.97 Å². The third-order valence-corrected chi connectivity index (χ3v) is 2.83. The molecular formula is C13H16BrNO4. The van der Waals surface area contributed by atoms with Crippen LogP contribution in [0.5, 0.6) is 5.75 Å². The summed E-state index contributed by atoms with van der Waals surface area (Å²) in [6.45, 7) is 4.92. The van der Waals surface area contributed by atoms with Gasteiger partial charge in [0.1, 0.15) is 0 Å². The molecule has 104 valence electrons. The molecule has 2 N–H and O–H groups in total. The van der Waals surface area contributed by atoms with Crippen molar-refractivity contribution in [2.24, 2.45) is 0 Å². The van der Waals surface area contributed by atoms with Crippen LogP contribution < -0.4 is 10.5 Å². The highest BCUT2D eigenvalue weighted by molar-refractivity contribution is 9.10. The van der Waals surface area contributed by atoms with E-state index >= 15 is 0 Å². The van der Waals surface area contributed by atoms with Crippen molar-refractivity contribution in [1.29, 1.82) is 0 Å². The molecule has 0 saturated heterocycles. The third kappa shape index (κ3) is 3.96. The molecule has 0 heterocycles. The molecule has 0 amide bonds. The number of nitrogen functional groups attached to an aromatic ring is 1. The van der Waals surface area contributed by atoms with Crippen molar-refractivity contribution in [3.63, 3.8) is 0 Å². The zero-order valence-electron chi connectivity index (χ0n) is 11.0. The van der Waals surface area contributed by atoms with Crippen LogP contribution in [-0.4, -0.2) is 24.5 Å². The topological polar surface area (TPSA) is 78.6 Å². The standard InChI is InChI=1S/C13H16BrNO4/c1-4-18-13(17)8(3)19-12-10(7(2)16)5-9(14)6-11(12)15/h5-6,8H,4,15H2,1-3H3. The van der Waals surface area contributed by atoms with Crippen LogP contribution in [0.25, 0.3) is 0 Å². The highest BCUT2D eigenvalue weighted by Gasteiger charge is 2.21. The summed E-state index contributed by atoms with van der Waals surface area (Å²) >= 11 is 3.26. The maximum absolute atomic E-state index is 11.6. The second-order valence-electron chi connectivity index (χ2n) is 3.94. The van der Waals surface area contributed by atoms with Gasteiger partial charge in [-0.3, -0.25) is 4.79 Å². The van der Waals surface area contributed by atoms with Gasteiger partial charge < -0.3 is 15.2 Å². The lowest BCUT2D eigenvalue weighted by Gasteiger charge is -2.17. The summed E-state index contributed by atoms with van der Waals surface area (Å²) in [5.74, 6) is -0.491. The first-order valence-electron chi connectivity index (χ1n) is 5.80. The van der Waals surface area contributed by atoms with Crippen molar-refractivity contribution >= 4 is 33.4 Å². The van der Waals surface area contributed by atoms with Crippen molar-refractivity contribution in [2.45, 2.75) is 26.9 Å². The lowest BCUT2D eigenvalue weighted by molar-refractivity contribution is -0.150. The number of esters is 1. The lowest BCUT2D eigenvalue weighted by Crippen LogP contribution is -2.27. The summed E-state index contributed by atoms with van der Waals surface area (Å²) in [6.07, 6.45) is -0.832. The van der Waals surface area contributed by atoms with Crippen molar-refractivity contribution in [3.8, 4) is 5.75 Å². The SMILES string of the molecule is CCOC(=O)C(C)Oc1c(N)cc(Br)cc1C(C)=O. The predicted molar refractivity (Wildman–Crippen MR) is 75.3 cm³/mol. The monoisotopic (exact) mass is 329 g/mol. The van der Waals surface area contributed by atoms with Crippen LogP contribution in [0.3, 0.4) is 0 Å². The summed E-state index contributed by atoms with van der Waals surface area (Å²) in [5.41, 5.74) is 6.43. The number of Topliss-reactive ketones (excluding diaryl/α,β-unsaturated/α-hetero) is 1. The minimum Gasteiger partial charge on any atom is -0.476 e. The molecule has 1 atom stereocenters. The molecule has 1 aromatic carbocycles. The Hall–Kier alpha value is -1.56. The molecule has 0 radical (unpaired) electrons. The minimum absolute atomic E-state index is 0.195. The number of carbonyl (C=O) groups excluding carboxylic acids is 2. The molecule has 0 fully saturated rings. The van der Waals surface area contributed by atoms with Crippen LogP contribution >= 0.6 is 15.9 Å². The van der Waals surface area contributed by atoms with Gasteiger partial charge in [-0.05, 0) is 32.9 Å². The average Bonchev–Trinajstić information content (AvgIpc) is 2.32. The first-order chi connectivity index (χ1) is 8.86. The number of anilines is 1. The van der Waals surface area contributed by atoms with Gasteiger partial charge in [-0.15, -0.1) is 0 Å². The molecule has 1 unspecified atom stereocenters. The Balaban J connectivity index is 3.06.